The Balaban J connectivity index is 2.74. The second kappa shape index (κ2) is 3.52. The predicted molar refractivity (Wildman–Crippen MR) is 63.5 cm³/mol. The monoisotopic (exact) mass is 234 g/mol. The highest BCUT2D eigenvalue weighted by atomic mass is 16.5. The average molecular weight is 234 g/mol. The lowest BCUT2D eigenvalue weighted by Gasteiger charge is -2.29. The van der Waals surface area contributed by atoms with Crippen LogP contribution in [0.3, 0.4) is 0 Å². The van der Waals surface area contributed by atoms with Crippen molar-refractivity contribution < 1.29 is 19.7 Å². The van der Waals surface area contributed by atoms with Gasteiger partial charge in [0.05, 0.1) is 5.56 Å². The molecule has 0 bridgehead atoms. The number of carbonyl (C=O) groups is 1. The molecule has 1 heterocycles. The van der Waals surface area contributed by atoms with Gasteiger partial charge in [-0.15, -0.1) is 0 Å². The molecule has 1 aromatic rings. The minimum Gasteiger partial charge on any atom is -0.507 e. The topological polar surface area (TPSA) is 66.8 Å². The molecule has 0 unspecified atom stereocenters. The van der Waals surface area contributed by atoms with Crippen molar-refractivity contribution in [3.8, 4) is 17.2 Å². The molecule has 90 valence electrons. The van der Waals surface area contributed by atoms with Crippen molar-refractivity contribution in [2.45, 2.75) is 26.4 Å². The molecule has 17 heavy (non-hydrogen) atoms. The van der Waals surface area contributed by atoms with E-state index in [0.29, 0.717) is 5.56 Å². The van der Waals surface area contributed by atoms with Crippen molar-refractivity contribution in [2.24, 2.45) is 0 Å². The van der Waals surface area contributed by atoms with Gasteiger partial charge in [0.25, 0.3) is 0 Å². The number of phenolic OH excluding ortho intramolecular Hbond substituents is 2. The number of carbonyl (C=O) groups excluding carboxylic acids is 1. The van der Waals surface area contributed by atoms with Crippen molar-refractivity contribution in [3.05, 3.63) is 23.3 Å². The molecule has 0 spiro atoms. The number of ketones is 1. The summed E-state index contributed by atoms with van der Waals surface area (Å²) in [6.45, 7) is 5.01. The van der Waals surface area contributed by atoms with Crippen LogP contribution in [0.15, 0.2) is 12.1 Å². The van der Waals surface area contributed by atoms with Crippen molar-refractivity contribution in [1.82, 2.24) is 0 Å². The molecule has 2 rings (SSSR count). The number of Topliss-reactive ketones (excluding diaryl/α,β-unsaturated/α-hetero) is 1. The van der Waals surface area contributed by atoms with Crippen LogP contribution in [-0.4, -0.2) is 21.6 Å². The van der Waals surface area contributed by atoms with Crippen LogP contribution in [0.2, 0.25) is 0 Å². The third kappa shape index (κ3) is 1.86. The number of hydrogen-bond donors (Lipinski definition) is 2. The van der Waals surface area contributed by atoms with Gasteiger partial charge in [0.1, 0.15) is 28.4 Å². The first-order valence-electron chi connectivity index (χ1n) is 5.30. The minimum absolute atomic E-state index is 0.103. The molecule has 2 N–H and O–H groups in total. The third-order valence-corrected chi connectivity index (χ3v) is 2.65. The smallest absolute Gasteiger partial charge is 0.167 e. The fourth-order valence-corrected chi connectivity index (χ4v) is 1.84. The number of aromatic hydroxyl groups is 2. The molecule has 4 heteroatoms. The summed E-state index contributed by atoms with van der Waals surface area (Å²) in [5.41, 5.74) is -0.0419. The van der Waals surface area contributed by atoms with E-state index < -0.39 is 5.60 Å². The number of rotatable bonds is 1. The molecule has 4 nitrogen and oxygen atoms in total. The summed E-state index contributed by atoms with van der Waals surface area (Å²) in [7, 11) is 0. The molecule has 0 saturated heterocycles. The number of hydrogen-bond acceptors (Lipinski definition) is 4. The lowest BCUT2D eigenvalue weighted by atomic mass is 9.97. The van der Waals surface area contributed by atoms with Crippen molar-refractivity contribution in [1.29, 1.82) is 0 Å². The van der Waals surface area contributed by atoms with E-state index in [0.717, 1.165) is 6.07 Å². The second-order valence-electron chi connectivity index (χ2n) is 4.63. The van der Waals surface area contributed by atoms with E-state index >= 15 is 0 Å². The molecule has 0 amide bonds. The van der Waals surface area contributed by atoms with Crippen molar-refractivity contribution >= 4 is 11.9 Å². The summed E-state index contributed by atoms with van der Waals surface area (Å²) in [6, 6.07) is 1.15. The molecule has 1 aliphatic rings. The third-order valence-electron chi connectivity index (χ3n) is 2.65. The normalized spacial score (nSPS) is 16.2. The summed E-state index contributed by atoms with van der Waals surface area (Å²) in [5.74, 6) is -0.429. The van der Waals surface area contributed by atoms with Crippen LogP contribution < -0.4 is 4.74 Å². The van der Waals surface area contributed by atoms with Gasteiger partial charge in [0.2, 0.25) is 0 Å². The Morgan fingerprint density at radius 3 is 2.53 bits per heavy atom. The number of phenols is 2. The first-order chi connectivity index (χ1) is 7.82. The molecule has 0 saturated carbocycles. The van der Waals surface area contributed by atoms with Crippen LogP contribution in [0.25, 0.3) is 6.08 Å². The Labute approximate surface area is 99.2 Å². The van der Waals surface area contributed by atoms with Crippen LogP contribution in [0.5, 0.6) is 17.2 Å². The SMILES string of the molecule is CC(=O)c1c(O)cc(O)c2c1OC(C)(C)C=C2. The Bertz CT molecular complexity index is 527. The van der Waals surface area contributed by atoms with E-state index in [1.807, 2.05) is 13.8 Å². The molecular weight excluding hydrogens is 220 g/mol. The fraction of sp³-hybridized carbons (Fsp3) is 0.308. The second-order valence-corrected chi connectivity index (χ2v) is 4.63. The maximum absolute atomic E-state index is 11.5. The van der Waals surface area contributed by atoms with E-state index in [1.54, 1.807) is 12.2 Å². The van der Waals surface area contributed by atoms with Crippen molar-refractivity contribution in [2.75, 3.05) is 0 Å². The van der Waals surface area contributed by atoms with E-state index in [9.17, 15) is 15.0 Å². The molecule has 0 aromatic heterocycles. The highest BCUT2D eigenvalue weighted by molar-refractivity contribution is 6.01. The molecule has 1 aliphatic heterocycles. The average Bonchev–Trinajstić information content (AvgIpc) is 2.14. The first kappa shape index (κ1) is 11.5. The van der Waals surface area contributed by atoms with Gasteiger partial charge < -0.3 is 14.9 Å². The summed E-state index contributed by atoms with van der Waals surface area (Å²) >= 11 is 0. The zero-order valence-electron chi connectivity index (χ0n) is 9.94. The molecule has 1 aromatic carbocycles. The Morgan fingerprint density at radius 1 is 1.29 bits per heavy atom. The van der Waals surface area contributed by atoms with E-state index in [2.05, 4.69) is 0 Å². The van der Waals surface area contributed by atoms with Gasteiger partial charge in [-0.3, -0.25) is 4.79 Å². The van der Waals surface area contributed by atoms with Gasteiger partial charge in [-0.2, -0.15) is 0 Å². The van der Waals surface area contributed by atoms with Gasteiger partial charge >= 0.3 is 0 Å². The Kier molecular flexibility index (Phi) is 2.38. The molecular formula is C13H14O4. The largest absolute Gasteiger partial charge is 0.507 e. The summed E-state index contributed by atoms with van der Waals surface area (Å²) in [4.78, 5) is 11.5. The van der Waals surface area contributed by atoms with Gasteiger partial charge in [-0.25, -0.2) is 0 Å². The maximum Gasteiger partial charge on any atom is 0.167 e. The minimum atomic E-state index is -0.572. The van der Waals surface area contributed by atoms with Crippen LogP contribution in [0.1, 0.15) is 36.7 Å². The Hall–Kier alpha value is -1.97. The zero-order chi connectivity index (χ0) is 12.8. The summed E-state index contributed by atoms with van der Waals surface area (Å²) < 4.78 is 5.65. The predicted octanol–water partition coefficient (Wildman–Crippen LogP) is 2.48. The molecule has 0 radical (unpaired) electrons. The lowest BCUT2D eigenvalue weighted by Crippen LogP contribution is -2.28. The molecule has 0 aliphatic carbocycles. The number of fused-ring (bicyclic) bond motifs is 1. The van der Waals surface area contributed by atoms with Gasteiger partial charge in [-0.05, 0) is 32.9 Å². The van der Waals surface area contributed by atoms with Crippen LogP contribution in [0, 0.1) is 0 Å². The van der Waals surface area contributed by atoms with Crippen LogP contribution >= 0.6 is 0 Å². The lowest BCUT2D eigenvalue weighted by molar-refractivity contribution is 0.0996. The quantitative estimate of drug-likeness (QED) is 0.732. The molecule has 0 fully saturated rings. The molecule has 0 atom stereocenters. The van der Waals surface area contributed by atoms with E-state index in [1.165, 1.54) is 6.92 Å². The zero-order valence-corrected chi connectivity index (χ0v) is 9.94. The summed E-state index contributed by atoms with van der Waals surface area (Å²) in [5, 5.41) is 19.4. The maximum atomic E-state index is 11.5. The van der Waals surface area contributed by atoms with Gasteiger partial charge in [-0.1, -0.05) is 0 Å². The Morgan fingerprint density at radius 2 is 1.94 bits per heavy atom. The summed E-state index contributed by atoms with van der Waals surface area (Å²) in [6.07, 6.45) is 3.48. The van der Waals surface area contributed by atoms with Crippen LogP contribution in [0.4, 0.5) is 0 Å². The standard InChI is InChI=1S/C13H14O4/c1-7(14)11-10(16)6-9(15)8-4-5-13(2,3)17-12(8)11/h4-6,15-16H,1-3H3. The van der Waals surface area contributed by atoms with Crippen LogP contribution in [-0.2, 0) is 0 Å². The van der Waals surface area contributed by atoms with Gasteiger partial charge in [0, 0.05) is 6.07 Å². The first-order valence-corrected chi connectivity index (χ1v) is 5.30. The highest BCUT2D eigenvalue weighted by Gasteiger charge is 2.29. The fourth-order valence-electron chi connectivity index (χ4n) is 1.84. The van der Waals surface area contributed by atoms with E-state index in [-0.39, 0.29) is 28.6 Å². The number of benzene rings is 1. The van der Waals surface area contributed by atoms with Crippen molar-refractivity contribution in [3.63, 3.8) is 0 Å². The number of ether oxygens (including phenoxy) is 1. The van der Waals surface area contributed by atoms with E-state index in [4.69, 9.17) is 4.74 Å². The highest BCUT2D eigenvalue weighted by Crippen LogP contribution is 2.43. The van der Waals surface area contributed by atoms with Gasteiger partial charge in [0.15, 0.2) is 5.78 Å².